The molecule has 0 saturated carbocycles. The zero-order valence-electron chi connectivity index (χ0n) is 4.77. The summed E-state index contributed by atoms with van der Waals surface area (Å²) in [6.45, 7) is 0. The Morgan fingerprint density at radius 1 is 1.09 bits per heavy atom. The summed E-state index contributed by atoms with van der Waals surface area (Å²) >= 11 is 25.1. The van der Waals surface area contributed by atoms with Crippen LogP contribution >= 0.6 is 86.9 Å². The number of hydrogen-bond acceptors (Lipinski definition) is 0. The van der Waals surface area contributed by atoms with E-state index in [-0.39, 0.29) is 0 Å². The van der Waals surface area contributed by atoms with E-state index in [1.807, 2.05) is 0 Å². The summed E-state index contributed by atoms with van der Waals surface area (Å²) in [5.41, 5.74) is 0. The number of alkyl halides is 2. The van der Waals surface area contributed by atoms with Gasteiger partial charge in [-0.05, 0) is 15.9 Å². The fourth-order valence-corrected chi connectivity index (χ4v) is 3.78. The minimum Gasteiger partial charge on any atom is -0.0846 e. The number of hydrogen-bond donors (Lipinski definition) is 0. The summed E-state index contributed by atoms with van der Waals surface area (Å²) in [6, 6.07) is 0. The smallest absolute Gasteiger partial charge is 0.0846 e. The Labute approximate surface area is 108 Å². The monoisotopic (exact) mass is 446 g/mol. The van der Waals surface area contributed by atoms with Crippen LogP contribution in [0.25, 0.3) is 0 Å². The normalized spacial score (nSPS) is 23.5. The van der Waals surface area contributed by atoms with Crippen molar-refractivity contribution < 1.29 is 0 Å². The van der Waals surface area contributed by atoms with E-state index in [0.29, 0.717) is 10.1 Å². The van der Waals surface area contributed by atoms with E-state index in [1.165, 1.54) is 0 Å². The Morgan fingerprint density at radius 2 is 1.55 bits per heavy atom. The molecule has 62 valence electrons. The third kappa shape index (κ3) is 1.77. The Hall–Kier alpha value is 1.98. The number of rotatable bonds is 0. The Bertz CT molecular complexity index is 240. The topological polar surface area (TPSA) is 0 Å². The van der Waals surface area contributed by atoms with Gasteiger partial charge in [0.1, 0.15) is 3.23 Å². The van der Waals surface area contributed by atoms with Crippen LogP contribution in [-0.4, -0.2) is 3.23 Å². The summed E-state index contributed by atoms with van der Waals surface area (Å²) in [4.78, 5) is 0. The van der Waals surface area contributed by atoms with E-state index in [0.717, 1.165) is 8.96 Å². The van der Waals surface area contributed by atoms with Crippen molar-refractivity contribution in [1.82, 2.24) is 0 Å². The van der Waals surface area contributed by atoms with Crippen molar-refractivity contribution in [2.24, 2.45) is 0 Å². The van der Waals surface area contributed by atoms with Crippen LogP contribution < -0.4 is 0 Å². The molecule has 0 heterocycles. The SMILES string of the molecule is ClC1=C(Cl)C(Br)(Br)C(Br)=C1Br. The summed E-state index contributed by atoms with van der Waals surface area (Å²) < 4.78 is 1.04. The molecule has 0 aromatic carbocycles. The van der Waals surface area contributed by atoms with Gasteiger partial charge in [0.2, 0.25) is 0 Å². The van der Waals surface area contributed by atoms with Crippen LogP contribution in [0.1, 0.15) is 0 Å². The van der Waals surface area contributed by atoms with Crippen molar-refractivity contribution in [2.45, 2.75) is 3.23 Å². The molecule has 0 fully saturated rings. The van der Waals surface area contributed by atoms with E-state index in [1.54, 1.807) is 0 Å². The van der Waals surface area contributed by atoms with E-state index in [2.05, 4.69) is 63.7 Å². The lowest BCUT2D eigenvalue weighted by molar-refractivity contribution is 1.36. The maximum atomic E-state index is 5.90. The molecule has 0 nitrogen and oxygen atoms in total. The molecule has 0 aliphatic heterocycles. The van der Waals surface area contributed by atoms with Gasteiger partial charge in [0.25, 0.3) is 0 Å². The van der Waals surface area contributed by atoms with Crippen LogP contribution in [0.5, 0.6) is 0 Å². The highest BCUT2D eigenvalue weighted by atomic mass is 79.9. The molecule has 0 bridgehead atoms. The maximum Gasteiger partial charge on any atom is 0.150 e. The van der Waals surface area contributed by atoms with E-state index < -0.39 is 3.23 Å². The fourth-order valence-electron chi connectivity index (χ4n) is 0.565. The standard InChI is InChI=1S/C5Br4Cl2/c6-1-2(10)4(11)5(8,9)3(1)7. The predicted octanol–water partition coefficient (Wildman–Crippen LogP) is 5.18. The summed E-state index contributed by atoms with van der Waals surface area (Å²) in [5, 5.41) is 1.02. The first-order chi connectivity index (χ1) is 4.89. The second kappa shape index (κ2) is 3.62. The van der Waals surface area contributed by atoms with Gasteiger partial charge in [-0.2, -0.15) is 0 Å². The average molecular weight is 451 g/mol. The predicted molar refractivity (Wildman–Crippen MR) is 64.2 cm³/mol. The zero-order valence-corrected chi connectivity index (χ0v) is 12.6. The molecular weight excluding hydrogens is 451 g/mol. The molecule has 0 amide bonds. The molecule has 0 saturated heterocycles. The van der Waals surface area contributed by atoms with Crippen LogP contribution in [0.3, 0.4) is 0 Å². The minimum absolute atomic E-state index is 0.507. The molecule has 1 rings (SSSR count). The average Bonchev–Trinajstić information content (AvgIpc) is 2.06. The van der Waals surface area contributed by atoms with Crippen LogP contribution in [0.2, 0.25) is 0 Å². The molecule has 0 N–H and O–H groups in total. The molecule has 11 heavy (non-hydrogen) atoms. The quantitative estimate of drug-likeness (QED) is 0.447. The highest BCUT2D eigenvalue weighted by molar-refractivity contribution is 9.27. The van der Waals surface area contributed by atoms with Crippen LogP contribution in [0, 0.1) is 0 Å². The van der Waals surface area contributed by atoms with Crippen molar-refractivity contribution in [3.63, 3.8) is 0 Å². The third-order valence-corrected chi connectivity index (χ3v) is 7.73. The maximum absolute atomic E-state index is 5.90. The van der Waals surface area contributed by atoms with Crippen LogP contribution in [0.4, 0.5) is 0 Å². The first-order valence-corrected chi connectivity index (χ1v) is 6.31. The zero-order chi connectivity index (χ0) is 8.81. The van der Waals surface area contributed by atoms with E-state index in [9.17, 15) is 0 Å². The van der Waals surface area contributed by atoms with E-state index >= 15 is 0 Å². The first-order valence-electron chi connectivity index (χ1n) is 2.38. The third-order valence-electron chi connectivity index (χ3n) is 1.13. The highest BCUT2D eigenvalue weighted by Gasteiger charge is 2.40. The van der Waals surface area contributed by atoms with Gasteiger partial charge in [-0.15, -0.1) is 0 Å². The Morgan fingerprint density at radius 3 is 1.64 bits per heavy atom. The minimum atomic E-state index is -0.558. The van der Waals surface area contributed by atoms with Crippen molar-refractivity contribution >= 4 is 86.9 Å². The molecular formula is C5Br4Cl2. The summed E-state index contributed by atoms with van der Waals surface area (Å²) in [7, 11) is 0. The lowest BCUT2D eigenvalue weighted by Crippen LogP contribution is -2.07. The molecule has 0 aromatic heterocycles. The van der Waals surface area contributed by atoms with Crippen molar-refractivity contribution in [1.29, 1.82) is 0 Å². The van der Waals surface area contributed by atoms with Crippen LogP contribution in [0.15, 0.2) is 19.0 Å². The molecule has 6 heteroatoms. The van der Waals surface area contributed by atoms with Gasteiger partial charge in [-0.25, -0.2) is 0 Å². The van der Waals surface area contributed by atoms with Gasteiger partial charge < -0.3 is 0 Å². The number of halogens is 6. The lowest BCUT2D eigenvalue weighted by atomic mass is 10.5. The van der Waals surface area contributed by atoms with Crippen molar-refractivity contribution in [3.8, 4) is 0 Å². The summed E-state index contributed by atoms with van der Waals surface area (Å²) in [6.07, 6.45) is 0. The number of allylic oxidation sites excluding steroid dienone is 4. The largest absolute Gasteiger partial charge is 0.150 e. The van der Waals surface area contributed by atoms with Gasteiger partial charge in [0, 0.05) is 4.48 Å². The van der Waals surface area contributed by atoms with E-state index in [4.69, 9.17) is 23.2 Å². The van der Waals surface area contributed by atoms with Crippen LogP contribution in [-0.2, 0) is 0 Å². The molecule has 0 unspecified atom stereocenters. The summed E-state index contributed by atoms with van der Waals surface area (Å²) in [5.74, 6) is 0. The first kappa shape index (κ1) is 11.1. The van der Waals surface area contributed by atoms with Gasteiger partial charge >= 0.3 is 0 Å². The van der Waals surface area contributed by atoms with Crippen molar-refractivity contribution in [2.75, 3.05) is 0 Å². The van der Waals surface area contributed by atoms with Gasteiger partial charge in [0.05, 0.1) is 14.5 Å². The Balaban J connectivity index is 3.27. The van der Waals surface area contributed by atoms with Gasteiger partial charge in [0.15, 0.2) is 0 Å². The second-order valence-corrected chi connectivity index (χ2v) is 7.62. The fraction of sp³-hybridized carbons (Fsp3) is 0.200. The molecule has 0 radical (unpaired) electrons. The molecule has 1 aliphatic carbocycles. The Kier molecular flexibility index (Phi) is 3.64. The molecule has 0 aromatic rings. The molecule has 0 spiro atoms. The highest BCUT2D eigenvalue weighted by Crippen LogP contribution is 2.57. The molecule has 1 aliphatic rings. The molecule has 0 atom stereocenters. The van der Waals surface area contributed by atoms with Crippen molar-refractivity contribution in [3.05, 3.63) is 19.0 Å². The lowest BCUT2D eigenvalue weighted by Gasteiger charge is -2.13. The van der Waals surface area contributed by atoms with Gasteiger partial charge in [-0.3, -0.25) is 0 Å². The second-order valence-electron chi connectivity index (χ2n) is 1.83. The van der Waals surface area contributed by atoms with Gasteiger partial charge in [-0.1, -0.05) is 71.0 Å².